The van der Waals surface area contributed by atoms with Gasteiger partial charge in [0.05, 0.1) is 23.1 Å². The second-order valence-electron chi connectivity index (χ2n) is 2.26. The second kappa shape index (κ2) is 3.76. The molecule has 0 N–H and O–H groups in total. The Balaban J connectivity index is 3.06. The van der Waals surface area contributed by atoms with E-state index in [0.717, 1.165) is 5.56 Å². The Kier molecular flexibility index (Phi) is 2.69. The smallest absolute Gasteiger partial charge is 0.101 e. The van der Waals surface area contributed by atoms with Crippen LogP contribution in [-0.4, -0.2) is 0 Å². The lowest BCUT2D eigenvalue weighted by Gasteiger charge is -1.96. The van der Waals surface area contributed by atoms with Gasteiger partial charge in [0, 0.05) is 0 Å². The third kappa shape index (κ3) is 1.75. The van der Waals surface area contributed by atoms with E-state index < -0.39 is 0 Å². The Morgan fingerprint density at radius 3 is 2.58 bits per heavy atom. The lowest BCUT2D eigenvalue weighted by molar-refractivity contribution is 1.26. The normalized spacial score (nSPS) is 8.58. The van der Waals surface area contributed by atoms with Crippen LogP contribution in [0.3, 0.4) is 0 Å². The molecule has 0 radical (unpaired) electrons. The molecule has 0 atom stereocenters. The standard InChI is InChI=1S/C9H5ClN2/c10-9-5-7(3-4-11)1-2-8(9)6-12/h1-2,5H,3H2. The highest BCUT2D eigenvalue weighted by Gasteiger charge is 1.99. The number of rotatable bonds is 1. The van der Waals surface area contributed by atoms with Gasteiger partial charge in [0.2, 0.25) is 0 Å². The maximum absolute atomic E-state index is 8.54. The lowest BCUT2D eigenvalue weighted by atomic mass is 10.1. The minimum atomic E-state index is 0.325. The van der Waals surface area contributed by atoms with Crippen LogP contribution in [0, 0.1) is 22.7 Å². The average molecular weight is 177 g/mol. The molecule has 0 unspecified atom stereocenters. The highest BCUT2D eigenvalue weighted by atomic mass is 35.5. The molecule has 0 saturated heterocycles. The van der Waals surface area contributed by atoms with Crippen molar-refractivity contribution in [1.29, 1.82) is 10.5 Å². The topological polar surface area (TPSA) is 47.6 Å². The maximum Gasteiger partial charge on any atom is 0.101 e. The predicted molar refractivity (Wildman–Crippen MR) is 45.5 cm³/mol. The van der Waals surface area contributed by atoms with Crippen LogP contribution >= 0.6 is 11.6 Å². The Labute approximate surface area is 75.6 Å². The van der Waals surface area contributed by atoms with Crippen LogP contribution in [-0.2, 0) is 6.42 Å². The van der Waals surface area contributed by atoms with Crippen LogP contribution < -0.4 is 0 Å². The van der Waals surface area contributed by atoms with E-state index in [2.05, 4.69) is 0 Å². The summed E-state index contributed by atoms with van der Waals surface area (Å²) >= 11 is 5.73. The van der Waals surface area contributed by atoms with Gasteiger partial charge in [0.15, 0.2) is 0 Å². The van der Waals surface area contributed by atoms with Crippen molar-refractivity contribution in [3.8, 4) is 12.1 Å². The fourth-order valence-corrected chi connectivity index (χ4v) is 1.10. The fourth-order valence-electron chi connectivity index (χ4n) is 0.851. The Hall–Kier alpha value is -1.51. The van der Waals surface area contributed by atoms with Crippen LogP contribution in [0.15, 0.2) is 18.2 Å². The van der Waals surface area contributed by atoms with Crippen LogP contribution in [0.1, 0.15) is 11.1 Å². The predicted octanol–water partition coefficient (Wildman–Crippen LogP) is 2.28. The molecule has 58 valence electrons. The van der Waals surface area contributed by atoms with Crippen molar-refractivity contribution in [1.82, 2.24) is 0 Å². The third-order valence-corrected chi connectivity index (χ3v) is 1.75. The first-order valence-corrected chi connectivity index (χ1v) is 3.71. The second-order valence-corrected chi connectivity index (χ2v) is 2.67. The van der Waals surface area contributed by atoms with Crippen molar-refractivity contribution < 1.29 is 0 Å². The van der Waals surface area contributed by atoms with Crippen molar-refractivity contribution in [2.45, 2.75) is 6.42 Å². The van der Waals surface area contributed by atoms with E-state index in [1.807, 2.05) is 12.1 Å². The van der Waals surface area contributed by atoms with Gasteiger partial charge in [-0.2, -0.15) is 10.5 Å². The van der Waals surface area contributed by atoms with Gasteiger partial charge in [-0.05, 0) is 17.7 Å². The summed E-state index contributed by atoms with van der Waals surface area (Å²) in [6.07, 6.45) is 0.325. The first kappa shape index (κ1) is 8.59. The molecule has 1 rings (SSSR count). The Morgan fingerprint density at radius 2 is 2.08 bits per heavy atom. The van der Waals surface area contributed by atoms with Crippen molar-refractivity contribution in [3.05, 3.63) is 34.3 Å². The van der Waals surface area contributed by atoms with Crippen molar-refractivity contribution in [3.63, 3.8) is 0 Å². The van der Waals surface area contributed by atoms with E-state index in [4.69, 9.17) is 22.1 Å². The van der Waals surface area contributed by atoms with E-state index >= 15 is 0 Å². The molecule has 0 aromatic heterocycles. The van der Waals surface area contributed by atoms with Gasteiger partial charge >= 0.3 is 0 Å². The van der Waals surface area contributed by atoms with Crippen molar-refractivity contribution in [2.24, 2.45) is 0 Å². The first-order valence-electron chi connectivity index (χ1n) is 3.33. The molecule has 2 nitrogen and oxygen atoms in total. The summed E-state index contributed by atoms with van der Waals surface area (Å²) in [5.74, 6) is 0. The molecular weight excluding hydrogens is 172 g/mol. The quantitative estimate of drug-likeness (QED) is 0.659. The number of hydrogen-bond acceptors (Lipinski definition) is 2. The molecule has 0 aliphatic rings. The lowest BCUT2D eigenvalue weighted by Crippen LogP contribution is -1.83. The summed E-state index contributed by atoms with van der Waals surface area (Å²) in [4.78, 5) is 0. The van der Waals surface area contributed by atoms with E-state index in [-0.39, 0.29) is 0 Å². The highest BCUT2D eigenvalue weighted by molar-refractivity contribution is 6.31. The molecule has 0 spiro atoms. The summed E-state index contributed by atoms with van der Waals surface area (Å²) in [7, 11) is 0. The third-order valence-electron chi connectivity index (χ3n) is 1.44. The molecule has 0 aliphatic heterocycles. The summed E-state index contributed by atoms with van der Waals surface area (Å²) in [5, 5.41) is 17.3. The summed E-state index contributed by atoms with van der Waals surface area (Å²) in [6.45, 7) is 0. The highest BCUT2D eigenvalue weighted by Crippen LogP contribution is 2.16. The monoisotopic (exact) mass is 176 g/mol. The van der Waals surface area contributed by atoms with Crippen LogP contribution in [0.2, 0.25) is 5.02 Å². The van der Waals surface area contributed by atoms with Gasteiger partial charge < -0.3 is 0 Å². The van der Waals surface area contributed by atoms with E-state index in [1.165, 1.54) is 0 Å². The molecule has 0 fully saturated rings. The molecule has 1 aromatic rings. The first-order chi connectivity index (χ1) is 5.77. The molecule has 0 bridgehead atoms. The van der Waals surface area contributed by atoms with E-state index in [9.17, 15) is 0 Å². The van der Waals surface area contributed by atoms with Gasteiger partial charge in [-0.1, -0.05) is 17.7 Å². The summed E-state index contributed by atoms with van der Waals surface area (Å²) in [6, 6.07) is 8.95. The number of halogens is 1. The zero-order chi connectivity index (χ0) is 8.97. The van der Waals surface area contributed by atoms with Gasteiger partial charge in [-0.25, -0.2) is 0 Å². The van der Waals surface area contributed by atoms with Crippen LogP contribution in [0.4, 0.5) is 0 Å². The Bertz CT molecular complexity index is 371. The fraction of sp³-hybridized carbons (Fsp3) is 0.111. The molecular formula is C9H5ClN2. The Morgan fingerprint density at radius 1 is 1.33 bits per heavy atom. The van der Waals surface area contributed by atoms with Gasteiger partial charge in [-0.3, -0.25) is 0 Å². The zero-order valence-electron chi connectivity index (χ0n) is 6.21. The van der Waals surface area contributed by atoms with E-state index in [0.29, 0.717) is 17.0 Å². The van der Waals surface area contributed by atoms with Crippen molar-refractivity contribution >= 4 is 11.6 Å². The average Bonchev–Trinajstić information content (AvgIpc) is 2.05. The SMILES string of the molecule is N#CCc1ccc(C#N)c(Cl)c1. The number of nitrogens with zero attached hydrogens (tertiary/aromatic N) is 2. The molecule has 0 saturated carbocycles. The minimum absolute atomic E-state index is 0.325. The molecule has 0 amide bonds. The number of nitriles is 2. The summed E-state index contributed by atoms with van der Waals surface area (Å²) in [5.41, 5.74) is 1.28. The van der Waals surface area contributed by atoms with Gasteiger partial charge in [0.1, 0.15) is 6.07 Å². The number of hydrogen-bond donors (Lipinski definition) is 0. The van der Waals surface area contributed by atoms with Crippen molar-refractivity contribution in [2.75, 3.05) is 0 Å². The van der Waals surface area contributed by atoms with E-state index in [1.54, 1.807) is 18.2 Å². The van der Waals surface area contributed by atoms with Crippen LogP contribution in [0.25, 0.3) is 0 Å². The maximum atomic E-state index is 8.54. The largest absolute Gasteiger partial charge is 0.198 e. The van der Waals surface area contributed by atoms with Gasteiger partial charge in [-0.15, -0.1) is 0 Å². The molecule has 0 aliphatic carbocycles. The minimum Gasteiger partial charge on any atom is -0.198 e. The summed E-state index contributed by atoms with van der Waals surface area (Å²) < 4.78 is 0. The van der Waals surface area contributed by atoms with Gasteiger partial charge in [0.25, 0.3) is 0 Å². The molecule has 1 aromatic carbocycles. The van der Waals surface area contributed by atoms with Crippen LogP contribution in [0.5, 0.6) is 0 Å². The molecule has 3 heteroatoms. The number of benzene rings is 1. The molecule has 0 heterocycles. The molecule has 12 heavy (non-hydrogen) atoms. The zero-order valence-corrected chi connectivity index (χ0v) is 6.97.